The molecule has 1 fully saturated rings. The highest BCUT2D eigenvalue weighted by atomic mass is 19.1. The Morgan fingerprint density at radius 2 is 1.84 bits per heavy atom. The third-order valence-electron chi connectivity index (χ3n) is 6.18. The van der Waals surface area contributed by atoms with Crippen molar-refractivity contribution in [2.24, 2.45) is 5.92 Å². The van der Waals surface area contributed by atoms with Gasteiger partial charge in [0.05, 0.1) is 29.8 Å². The van der Waals surface area contributed by atoms with Crippen molar-refractivity contribution < 1.29 is 8.78 Å². The molecule has 0 saturated heterocycles. The highest BCUT2D eigenvalue weighted by molar-refractivity contribution is 5.74. The summed E-state index contributed by atoms with van der Waals surface area (Å²) in [6.45, 7) is 3.91. The third kappa shape index (κ3) is 3.66. The lowest BCUT2D eigenvalue weighted by molar-refractivity contribution is 0.274. The molecule has 1 aromatic carbocycles. The molecule has 3 aromatic heterocycles. The molecule has 0 radical (unpaired) electrons. The maximum atomic E-state index is 14.5. The van der Waals surface area contributed by atoms with Crippen LogP contribution >= 0.6 is 0 Å². The second kappa shape index (κ2) is 7.76. The Morgan fingerprint density at radius 1 is 1.03 bits per heavy atom. The number of aromatic nitrogens is 5. The molecule has 0 bridgehead atoms. The van der Waals surface area contributed by atoms with Crippen LogP contribution < -0.4 is 5.32 Å². The summed E-state index contributed by atoms with van der Waals surface area (Å²) in [6, 6.07) is 2.82. The minimum atomic E-state index is -0.635. The second-order valence-electron chi connectivity index (χ2n) is 8.44. The number of imidazole rings is 1. The molecule has 0 atom stereocenters. The number of hydrogen-bond acceptors (Lipinski definition) is 4. The van der Waals surface area contributed by atoms with E-state index in [-0.39, 0.29) is 5.56 Å². The fourth-order valence-corrected chi connectivity index (χ4v) is 4.31. The minimum Gasteiger partial charge on any atom is -0.335 e. The Morgan fingerprint density at radius 3 is 2.65 bits per heavy atom. The Labute approximate surface area is 179 Å². The quantitative estimate of drug-likeness (QED) is 0.460. The van der Waals surface area contributed by atoms with E-state index < -0.39 is 11.6 Å². The molecule has 0 spiro atoms. The smallest absolute Gasteiger partial charge is 0.180 e. The zero-order chi connectivity index (χ0) is 21.5. The van der Waals surface area contributed by atoms with Crippen LogP contribution in [0.2, 0.25) is 0 Å². The Hall–Kier alpha value is -3.29. The van der Waals surface area contributed by atoms with Gasteiger partial charge in [0.15, 0.2) is 11.5 Å². The van der Waals surface area contributed by atoms with Crippen molar-refractivity contribution in [1.82, 2.24) is 24.1 Å². The molecule has 1 aliphatic rings. The van der Waals surface area contributed by atoms with Crippen molar-refractivity contribution in [2.45, 2.75) is 45.6 Å². The average Bonchev–Trinajstić information content (AvgIpc) is 3.42. The van der Waals surface area contributed by atoms with Gasteiger partial charge in [0.2, 0.25) is 0 Å². The van der Waals surface area contributed by atoms with E-state index in [9.17, 15) is 8.78 Å². The van der Waals surface area contributed by atoms with Crippen LogP contribution in [0.15, 0.2) is 43.1 Å². The number of nitrogens with one attached hydrogen (secondary N) is 1. The standard InChI is InChI=1S/C23H24F2N6/c1-14-3-5-17(6-4-14)31-13-16(11-28-31)29-22-23-26-7-8-30(23)21(12-27-22)18-9-15(2)19(24)10-20(18)25/h7-14,17H,3-6H2,1-2H3,(H,27,29). The first-order valence-corrected chi connectivity index (χ1v) is 10.6. The SMILES string of the molecule is Cc1cc(-c2cnc(Nc3cnn(C4CCC(C)CC4)c3)c3nccn23)c(F)cc1F. The first-order chi connectivity index (χ1) is 15.0. The van der Waals surface area contributed by atoms with Crippen LogP contribution in [0.3, 0.4) is 0 Å². The molecule has 0 amide bonds. The van der Waals surface area contributed by atoms with E-state index in [2.05, 4.69) is 27.3 Å². The normalized spacial score (nSPS) is 19.1. The number of halogens is 2. The number of benzene rings is 1. The van der Waals surface area contributed by atoms with E-state index in [1.807, 2.05) is 10.9 Å². The van der Waals surface area contributed by atoms with Crippen molar-refractivity contribution in [3.63, 3.8) is 0 Å². The van der Waals surface area contributed by atoms with E-state index >= 15 is 0 Å². The van der Waals surface area contributed by atoms with Gasteiger partial charge in [-0.3, -0.25) is 9.08 Å². The monoisotopic (exact) mass is 422 g/mol. The van der Waals surface area contributed by atoms with Gasteiger partial charge in [0.1, 0.15) is 11.6 Å². The van der Waals surface area contributed by atoms with Crippen molar-refractivity contribution in [3.05, 3.63) is 60.3 Å². The molecular formula is C23H24F2N6. The average molecular weight is 422 g/mol. The van der Waals surface area contributed by atoms with Gasteiger partial charge >= 0.3 is 0 Å². The lowest BCUT2D eigenvalue weighted by Crippen LogP contribution is -2.16. The lowest BCUT2D eigenvalue weighted by Gasteiger charge is -2.26. The summed E-state index contributed by atoms with van der Waals surface area (Å²) in [5.41, 5.74) is 2.54. The van der Waals surface area contributed by atoms with Crippen LogP contribution in [0.25, 0.3) is 16.9 Å². The second-order valence-corrected chi connectivity index (χ2v) is 8.44. The lowest BCUT2D eigenvalue weighted by atomic mass is 9.87. The van der Waals surface area contributed by atoms with Crippen molar-refractivity contribution in [2.75, 3.05) is 5.32 Å². The summed E-state index contributed by atoms with van der Waals surface area (Å²) >= 11 is 0. The van der Waals surface area contributed by atoms with Gasteiger partial charge in [-0.25, -0.2) is 18.7 Å². The van der Waals surface area contributed by atoms with Crippen LogP contribution in [0.4, 0.5) is 20.3 Å². The molecule has 0 unspecified atom stereocenters. The molecule has 0 aliphatic heterocycles. The van der Waals surface area contributed by atoms with Gasteiger partial charge in [-0.05, 0) is 50.2 Å². The van der Waals surface area contributed by atoms with Crippen LogP contribution in [-0.4, -0.2) is 24.1 Å². The molecule has 5 rings (SSSR count). The van der Waals surface area contributed by atoms with Crippen molar-refractivity contribution in [1.29, 1.82) is 0 Å². The highest BCUT2D eigenvalue weighted by Gasteiger charge is 2.21. The predicted octanol–water partition coefficient (Wildman–Crippen LogP) is 5.67. The summed E-state index contributed by atoms with van der Waals surface area (Å²) in [7, 11) is 0. The number of rotatable bonds is 4. The predicted molar refractivity (Wildman–Crippen MR) is 115 cm³/mol. The molecule has 160 valence electrons. The van der Waals surface area contributed by atoms with Gasteiger partial charge in [0, 0.05) is 30.2 Å². The minimum absolute atomic E-state index is 0.278. The van der Waals surface area contributed by atoms with Gasteiger partial charge in [-0.1, -0.05) is 6.92 Å². The molecule has 1 N–H and O–H groups in total. The van der Waals surface area contributed by atoms with Crippen LogP contribution in [0.5, 0.6) is 0 Å². The zero-order valence-corrected chi connectivity index (χ0v) is 17.5. The van der Waals surface area contributed by atoms with Crippen LogP contribution in [0, 0.1) is 24.5 Å². The maximum absolute atomic E-state index is 14.5. The summed E-state index contributed by atoms with van der Waals surface area (Å²) < 4.78 is 31.9. The Balaban J connectivity index is 1.45. The number of aryl methyl sites for hydroxylation is 1. The number of anilines is 2. The number of hydrogen-bond donors (Lipinski definition) is 1. The van der Waals surface area contributed by atoms with E-state index in [1.165, 1.54) is 18.9 Å². The molecule has 31 heavy (non-hydrogen) atoms. The summed E-state index contributed by atoms with van der Waals surface area (Å²) in [5, 5.41) is 7.82. The topological polar surface area (TPSA) is 60.0 Å². The summed E-state index contributed by atoms with van der Waals surface area (Å²) in [4.78, 5) is 8.87. The highest BCUT2D eigenvalue weighted by Crippen LogP contribution is 2.33. The van der Waals surface area contributed by atoms with Crippen molar-refractivity contribution in [3.8, 4) is 11.3 Å². The molecular weight excluding hydrogens is 398 g/mol. The van der Waals surface area contributed by atoms with Gasteiger partial charge in [-0.15, -0.1) is 0 Å². The maximum Gasteiger partial charge on any atom is 0.180 e. The molecule has 1 saturated carbocycles. The number of fused-ring (bicyclic) bond motifs is 1. The first-order valence-electron chi connectivity index (χ1n) is 10.6. The first kappa shape index (κ1) is 19.7. The largest absolute Gasteiger partial charge is 0.335 e. The summed E-state index contributed by atoms with van der Waals surface area (Å²) in [6.07, 6.45) is 13.5. The molecule has 6 nitrogen and oxygen atoms in total. The Bertz CT molecular complexity index is 1240. The molecule has 3 heterocycles. The van der Waals surface area contributed by atoms with Crippen LogP contribution in [0.1, 0.15) is 44.2 Å². The van der Waals surface area contributed by atoms with Gasteiger partial charge in [-0.2, -0.15) is 5.10 Å². The van der Waals surface area contributed by atoms with E-state index in [4.69, 9.17) is 0 Å². The van der Waals surface area contributed by atoms with E-state index in [0.717, 1.165) is 30.5 Å². The van der Waals surface area contributed by atoms with Crippen molar-refractivity contribution >= 4 is 17.2 Å². The van der Waals surface area contributed by atoms with E-state index in [1.54, 1.807) is 36.1 Å². The molecule has 4 aromatic rings. The summed E-state index contributed by atoms with van der Waals surface area (Å²) in [5.74, 6) is 0.128. The molecule has 8 heteroatoms. The van der Waals surface area contributed by atoms with Gasteiger partial charge in [0.25, 0.3) is 0 Å². The van der Waals surface area contributed by atoms with Gasteiger partial charge < -0.3 is 5.32 Å². The van der Waals surface area contributed by atoms with Crippen LogP contribution in [-0.2, 0) is 0 Å². The third-order valence-corrected chi connectivity index (χ3v) is 6.18. The molecule has 1 aliphatic carbocycles. The fraction of sp³-hybridized carbons (Fsp3) is 0.348. The number of nitrogens with zero attached hydrogens (tertiary/aromatic N) is 5. The Kier molecular flexibility index (Phi) is 4.92. The fourth-order valence-electron chi connectivity index (χ4n) is 4.31. The van der Waals surface area contributed by atoms with E-state index in [0.29, 0.717) is 28.8 Å². The zero-order valence-electron chi connectivity index (χ0n) is 17.5.